The average molecular weight is 276 g/mol. The number of benzene rings is 1. The highest BCUT2D eigenvalue weighted by Gasteiger charge is 2.09. The summed E-state index contributed by atoms with van der Waals surface area (Å²) in [6.07, 6.45) is 0.787. The SMILES string of the molecule is Cc1ccc(NC(=O)CC(=O)NCCC(C)C)cc1C. The lowest BCUT2D eigenvalue weighted by atomic mass is 10.1. The molecule has 2 amide bonds. The molecule has 0 saturated heterocycles. The molecule has 1 rings (SSSR count). The van der Waals surface area contributed by atoms with Gasteiger partial charge in [0, 0.05) is 12.2 Å². The van der Waals surface area contributed by atoms with Gasteiger partial charge in [-0.1, -0.05) is 19.9 Å². The van der Waals surface area contributed by atoms with Crippen LogP contribution in [0.2, 0.25) is 0 Å². The second-order valence-electron chi connectivity index (χ2n) is 5.56. The van der Waals surface area contributed by atoms with E-state index in [4.69, 9.17) is 0 Å². The highest BCUT2D eigenvalue weighted by molar-refractivity contribution is 6.03. The highest BCUT2D eigenvalue weighted by atomic mass is 16.2. The van der Waals surface area contributed by atoms with Crippen molar-refractivity contribution in [3.63, 3.8) is 0 Å². The van der Waals surface area contributed by atoms with Crippen LogP contribution in [0.15, 0.2) is 18.2 Å². The molecule has 4 heteroatoms. The van der Waals surface area contributed by atoms with Gasteiger partial charge in [0.2, 0.25) is 11.8 Å². The van der Waals surface area contributed by atoms with Gasteiger partial charge >= 0.3 is 0 Å². The molecule has 4 nitrogen and oxygen atoms in total. The Hall–Kier alpha value is -1.84. The topological polar surface area (TPSA) is 58.2 Å². The van der Waals surface area contributed by atoms with E-state index in [9.17, 15) is 9.59 Å². The number of nitrogens with one attached hydrogen (secondary N) is 2. The molecule has 2 N–H and O–H groups in total. The number of amides is 2. The van der Waals surface area contributed by atoms with Gasteiger partial charge in [-0.05, 0) is 49.4 Å². The minimum absolute atomic E-state index is 0.134. The molecule has 0 aliphatic heterocycles. The second kappa shape index (κ2) is 7.68. The van der Waals surface area contributed by atoms with Crippen molar-refractivity contribution in [1.29, 1.82) is 0 Å². The van der Waals surface area contributed by atoms with Crippen molar-refractivity contribution in [2.45, 2.75) is 40.5 Å². The van der Waals surface area contributed by atoms with E-state index in [1.54, 1.807) is 0 Å². The van der Waals surface area contributed by atoms with E-state index in [-0.39, 0.29) is 18.2 Å². The number of rotatable bonds is 6. The zero-order chi connectivity index (χ0) is 15.1. The Morgan fingerprint density at radius 3 is 2.40 bits per heavy atom. The van der Waals surface area contributed by atoms with Crippen molar-refractivity contribution < 1.29 is 9.59 Å². The summed E-state index contributed by atoms with van der Waals surface area (Å²) in [5.74, 6) is 0.0296. The lowest BCUT2D eigenvalue weighted by Gasteiger charge is -2.09. The summed E-state index contributed by atoms with van der Waals surface area (Å²) in [6.45, 7) is 8.82. The van der Waals surface area contributed by atoms with E-state index in [0.29, 0.717) is 12.5 Å². The molecule has 0 fully saturated rings. The van der Waals surface area contributed by atoms with Crippen molar-refractivity contribution in [2.75, 3.05) is 11.9 Å². The molecule has 0 aromatic heterocycles. The largest absolute Gasteiger partial charge is 0.356 e. The summed E-state index contributed by atoms with van der Waals surface area (Å²) < 4.78 is 0. The normalized spacial score (nSPS) is 10.4. The summed E-state index contributed by atoms with van der Waals surface area (Å²) >= 11 is 0. The number of aryl methyl sites for hydroxylation is 2. The molecule has 1 aromatic rings. The average Bonchev–Trinajstić information content (AvgIpc) is 2.33. The van der Waals surface area contributed by atoms with Crippen LogP contribution in [-0.4, -0.2) is 18.4 Å². The van der Waals surface area contributed by atoms with Gasteiger partial charge in [0.25, 0.3) is 0 Å². The van der Waals surface area contributed by atoms with E-state index in [2.05, 4.69) is 24.5 Å². The third-order valence-corrected chi connectivity index (χ3v) is 3.16. The second-order valence-corrected chi connectivity index (χ2v) is 5.56. The maximum Gasteiger partial charge on any atom is 0.233 e. The van der Waals surface area contributed by atoms with E-state index in [0.717, 1.165) is 17.7 Å². The van der Waals surface area contributed by atoms with Crippen molar-refractivity contribution >= 4 is 17.5 Å². The predicted molar refractivity (Wildman–Crippen MR) is 81.6 cm³/mol. The minimum atomic E-state index is -0.282. The van der Waals surface area contributed by atoms with Gasteiger partial charge in [-0.25, -0.2) is 0 Å². The molecule has 1 aromatic carbocycles. The first-order chi connectivity index (χ1) is 9.38. The molecule has 20 heavy (non-hydrogen) atoms. The molecular weight excluding hydrogens is 252 g/mol. The van der Waals surface area contributed by atoms with Crippen LogP contribution in [0.4, 0.5) is 5.69 Å². The number of hydrogen-bond acceptors (Lipinski definition) is 2. The molecule has 0 unspecified atom stereocenters. The van der Waals surface area contributed by atoms with Crippen LogP contribution >= 0.6 is 0 Å². The van der Waals surface area contributed by atoms with Crippen LogP contribution in [-0.2, 0) is 9.59 Å². The third-order valence-electron chi connectivity index (χ3n) is 3.16. The van der Waals surface area contributed by atoms with Crippen molar-refractivity contribution in [2.24, 2.45) is 5.92 Å². The molecule has 0 atom stereocenters. The van der Waals surface area contributed by atoms with Gasteiger partial charge in [0.1, 0.15) is 6.42 Å². The Labute approximate surface area is 121 Å². The maximum atomic E-state index is 11.7. The number of carbonyl (C=O) groups excluding carboxylic acids is 2. The van der Waals surface area contributed by atoms with Crippen molar-refractivity contribution in [1.82, 2.24) is 5.32 Å². The molecule has 0 radical (unpaired) electrons. The van der Waals surface area contributed by atoms with Crippen LogP contribution in [0.5, 0.6) is 0 Å². The maximum absolute atomic E-state index is 11.7. The van der Waals surface area contributed by atoms with Gasteiger partial charge in [-0.15, -0.1) is 0 Å². The highest BCUT2D eigenvalue weighted by Crippen LogP contribution is 2.14. The van der Waals surface area contributed by atoms with Gasteiger partial charge < -0.3 is 10.6 Å². The van der Waals surface area contributed by atoms with E-state index in [1.807, 2.05) is 32.0 Å². The minimum Gasteiger partial charge on any atom is -0.356 e. The monoisotopic (exact) mass is 276 g/mol. The molecule has 0 heterocycles. The standard InChI is InChI=1S/C16H24N2O2/c1-11(2)7-8-17-15(19)10-16(20)18-14-6-5-12(3)13(4)9-14/h5-6,9,11H,7-8,10H2,1-4H3,(H,17,19)(H,18,20). The van der Waals surface area contributed by atoms with Crippen LogP contribution in [0.25, 0.3) is 0 Å². The fraction of sp³-hybridized carbons (Fsp3) is 0.500. The first kappa shape index (κ1) is 16.2. The van der Waals surface area contributed by atoms with Crippen LogP contribution in [0.3, 0.4) is 0 Å². The number of anilines is 1. The predicted octanol–water partition coefficient (Wildman–Crippen LogP) is 2.79. The van der Waals surface area contributed by atoms with Gasteiger partial charge in [-0.2, -0.15) is 0 Å². The Morgan fingerprint density at radius 1 is 1.10 bits per heavy atom. The molecular formula is C16H24N2O2. The summed E-state index contributed by atoms with van der Waals surface area (Å²) in [4.78, 5) is 23.3. The molecule has 0 aliphatic rings. The van der Waals surface area contributed by atoms with E-state index >= 15 is 0 Å². The van der Waals surface area contributed by atoms with Gasteiger partial charge in [0.15, 0.2) is 0 Å². The smallest absolute Gasteiger partial charge is 0.233 e. The zero-order valence-electron chi connectivity index (χ0n) is 12.7. The summed E-state index contributed by atoms with van der Waals surface area (Å²) in [5, 5.41) is 5.49. The fourth-order valence-electron chi connectivity index (χ4n) is 1.73. The first-order valence-corrected chi connectivity index (χ1v) is 7.02. The molecule has 110 valence electrons. The molecule has 0 saturated carbocycles. The lowest BCUT2D eigenvalue weighted by Crippen LogP contribution is -2.29. The fourth-order valence-corrected chi connectivity index (χ4v) is 1.73. The lowest BCUT2D eigenvalue weighted by molar-refractivity contribution is -0.126. The Kier molecular flexibility index (Phi) is 6.22. The molecule has 0 spiro atoms. The number of carbonyl (C=O) groups is 2. The van der Waals surface area contributed by atoms with Crippen molar-refractivity contribution in [3.8, 4) is 0 Å². The van der Waals surface area contributed by atoms with Crippen LogP contribution < -0.4 is 10.6 Å². The Balaban J connectivity index is 2.39. The zero-order valence-corrected chi connectivity index (χ0v) is 12.7. The first-order valence-electron chi connectivity index (χ1n) is 7.02. The summed E-state index contributed by atoms with van der Waals surface area (Å²) in [6, 6.07) is 5.70. The summed E-state index contributed by atoms with van der Waals surface area (Å²) in [7, 11) is 0. The van der Waals surface area contributed by atoms with Crippen LogP contribution in [0, 0.1) is 19.8 Å². The number of hydrogen-bond donors (Lipinski definition) is 2. The Bertz CT molecular complexity index is 481. The van der Waals surface area contributed by atoms with Crippen LogP contribution in [0.1, 0.15) is 37.8 Å². The van der Waals surface area contributed by atoms with Gasteiger partial charge in [0.05, 0.1) is 0 Å². The quantitative estimate of drug-likeness (QED) is 0.785. The molecule has 0 bridgehead atoms. The van der Waals surface area contributed by atoms with E-state index in [1.165, 1.54) is 5.56 Å². The molecule has 0 aliphatic carbocycles. The van der Waals surface area contributed by atoms with Gasteiger partial charge in [-0.3, -0.25) is 9.59 Å². The third kappa shape index (κ3) is 5.87. The Morgan fingerprint density at radius 2 is 1.80 bits per heavy atom. The van der Waals surface area contributed by atoms with Crippen molar-refractivity contribution in [3.05, 3.63) is 29.3 Å². The van der Waals surface area contributed by atoms with E-state index < -0.39 is 0 Å². The summed E-state index contributed by atoms with van der Waals surface area (Å²) in [5.41, 5.74) is 3.02.